The van der Waals surface area contributed by atoms with Crippen molar-refractivity contribution < 1.29 is 19.4 Å². The number of rotatable bonds is 8. The highest BCUT2D eigenvalue weighted by Gasteiger charge is 2.02. The number of ether oxygens (including phenoxy) is 1. The predicted molar refractivity (Wildman–Crippen MR) is 49.8 cm³/mol. The summed E-state index contributed by atoms with van der Waals surface area (Å²) in [7, 11) is 0. The molecule has 82 valence electrons. The maximum Gasteiger partial charge on any atom is 0.329 e. The Balaban J connectivity index is 3.24. The van der Waals surface area contributed by atoms with Crippen LogP contribution < -0.4 is 11.1 Å². The van der Waals surface area contributed by atoms with Crippen LogP contribution in [0, 0.1) is 0 Å². The van der Waals surface area contributed by atoms with E-state index in [1.165, 1.54) is 0 Å². The third kappa shape index (κ3) is 8.95. The molecule has 0 unspecified atom stereocenters. The fourth-order valence-electron chi connectivity index (χ4n) is 0.779. The second-order valence-electron chi connectivity index (χ2n) is 2.73. The topological polar surface area (TPSA) is 102 Å². The van der Waals surface area contributed by atoms with Crippen molar-refractivity contribution in [2.75, 3.05) is 26.3 Å². The van der Waals surface area contributed by atoms with Crippen molar-refractivity contribution >= 4 is 11.9 Å². The Morgan fingerprint density at radius 1 is 1.29 bits per heavy atom. The Bertz CT molecular complexity index is 184. The summed E-state index contributed by atoms with van der Waals surface area (Å²) in [6.45, 7) is 0.489. The van der Waals surface area contributed by atoms with Crippen LogP contribution in [0.3, 0.4) is 0 Å². The van der Waals surface area contributed by atoms with E-state index in [4.69, 9.17) is 10.8 Å². The van der Waals surface area contributed by atoms with Crippen molar-refractivity contribution in [1.82, 2.24) is 5.32 Å². The number of carbonyl (C=O) groups excluding carboxylic acids is 1. The van der Waals surface area contributed by atoms with Gasteiger partial charge in [-0.3, -0.25) is 4.79 Å². The average molecular weight is 204 g/mol. The molecule has 0 aromatic heterocycles. The lowest BCUT2D eigenvalue weighted by atomic mass is 10.3. The molecule has 0 aliphatic rings. The highest BCUT2D eigenvalue weighted by atomic mass is 16.5. The normalized spacial score (nSPS) is 9.79. The molecule has 0 aliphatic heterocycles. The minimum atomic E-state index is -1.08. The first kappa shape index (κ1) is 12.9. The summed E-state index contributed by atoms with van der Waals surface area (Å²) in [5.41, 5.74) is 5.26. The highest BCUT2D eigenvalue weighted by molar-refractivity contribution is 5.77. The minimum Gasteiger partial charge on any atom is -0.480 e. The molecule has 4 N–H and O–H groups in total. The van der Waals surface area contributed by atoms with Gasteiger partial charge >= 0.3 is 5.97 Å². The van der Waals surface area contributed by atoms with Crippen LogP contribution in [-0.2, 0) is 14.3 Å². The fraction of sp³-hybridized carbons (Fsp3) is 0.750. The predicted octanol–water partition coefficient (Wildman–Crippen LogP) is -1.06. The van der Waals surface area contributed by atoms with Crippen LogP contribution in [-0.4, -0.2) is 43.3 Å². The van der Waals surface area contributed by atoms with Gasteiger partial charge in [-0.2, -0.15) is 0 Å². The van der Waals surface area contributed by atoms with E-state index < -0.39 is 12.6 Å². The molecule has 0 spiro atoms. The number of nitrogens with one attached hydrogen (secondary N) is 1. The number of nitrogens with two attached hydrogens (primary N) is 1. The van der Waals surface area contributed by atoms with Crippen molar-refractivity contribution in [3.63, 3.8) is 0 Å². The van der Waals surface area contributed by atoms with Gasteiger partial charge in [-0.05, 0) is 19.4 Å². The van der Waals surface area contributed by atoms with E-state index >= 15 is 0 Å². The summed E-state index contributed by atoms with van der Waals surface area (Å²) in [5, 5.41) is 10.8. The lowest BCUT2D eigenvalue weighted by molar-refractivity contribution is -0.143. The van der Waals surface area contributed by atoms with Gasteiger partial charge in [-0.15, -0.1) is 0 Å². The van der Waals surface area contributed by atoms with Crippen LogP contribution in [0.15, 0.2) is 0 Å². The molecule has 0 atom stereocenters. The Kier molecular flexibility index (Phi) is 7.77. The molecule has 6 nitrogen and oxygen atoms in total. The molecule has 0 heterocycles. The molecule has 6 heteroatoms. The number of amides is 1. The summed E-state index contributed by atoms with van der Waals surface area (Å²) in [6, 6.07) is 0. The lowest BCUT2D eigenvalue weighted by Crippen LogP contribution is -2.29. The van der Waals surface area contributed by atoms with Crippen LogP contribution in [0.5, 0.6) is 0 Å². The largest absolute Gasteiger partial charge is 0.480 e. The zero-order valence-electron chi connectivity index (χ0n) is 7.99. The van der Waals surface area contributed by atoms with Crippen molar-refractivity contribution in [1.29, 1.82) is 0 Å². The summed E-state index contributed by atoms with van der Waals surface area (Å²) >= 11 is 0. The van der Waals surface area contributed by atoms with E-state index in [-0.39, 0.29) is 12.5 Å². The molecular weight excluding hydrogens is 188 g/mol. The van der Waals surface area contributed by atoms with Gasteiger partial charge in [-0.1, -0.05) is 0 Å². The Labute approximate surface area is 82.4 Å². The smallest absolute Gasteiger partial charge is 0.329 e. The lowest BCUT2D eigenvalue weighted by Gasteiger charge is -2.03. The van der Waals surface area contributed by atoms with Gasteiger partial charge in [0.25, 0.3) is 0 Å². The molecule has 1 amide bonds. The monoisotopic (exact) mass is 204 g/mol. The SMILES string of the molecule is NCCCCNC(=O)COCC(=O)O. The van der Waals surface area contributed by atoms with E-state index in [1.54, 1.807) is 0 Å². The van der Waals surface area contributed by atoms with Crippen molar-refractivity contribution in [2.24, 2.45) is 5.73 Å². The van der Waals surface area contributed by atoms with Gasteiger partial charge < -0.3 is 20.9 Å². The summed E-state index contributed by atoms with van der Waals surface area (Å²) < 4.78 is 4.58. The number of aliphatic carboxylic acids is 1. The number of carboxylic acids is 1. The molecule has 14 heavy (non-hydrogen) atoms. The second-order valence-corrected chi connectivity index (χ2v) is 2.73. The van der Waals surface area contributed by atoms with Gasteiger partial charge in [0.05, 0.1) is 0 Å². The number of carbonyl (C=O) groups is 2. The quantitative estimate of drug-likeness (QED) is 0.437. The maximum absolute atomic E-state index is 10.9. The molecule has 0 aromatic rings. The molecule has 0 rings (SSSR count). The molecule has 0 saturated carbocycles. The fourth-order valence-corrected chi connectivity index (χ4v) is 0.779. The minimum absolute atomic E-state index is 0.213. The van der Waals surface area contributed by atoms with Gasteiger partial charge in [0, 0.05) is 6.54 Å². The van der Waals surface area contributed by atoms with E-state index in [2.05, 4.69) is 10.1 Å². The Hall–Kier alpha value is -1.14. The molecule has 0 radical (unpaired) electrons. The first-order chi connectivity index (χ1) is 6.66. The maximum atomic E-state index is 10.9. The van der Waals surface area contributed by atoms with Crippen LogP contribution in [0.2, 0.25) is 0 Å². The molecule has 0 fully saturated rings. The van der Waals surface area contributed by atoms with E-state index in [0.29, 0.717) is 13.1 Å². The van der Waals surface area contributed by atoms with Crippen molar-refractivity contribution in [3.05, 3.63) is 0 Å². The average Bonchev–Trinajstić information content (AvgIpc) is 2.12. The molecule has 0 bridgehead atoms. The standard InChI is InChI=1S/C8H16N2O4/c9-3-1-2-4-10-7(11)5-14-6-8(12)13/h1-6,9H2,(H,10,11)(H,12,13). The molecule has 0 saturated heterocycles. The van der Waals surface area contributed by atoms with Crippen molar-refractivity contribution in [3.8, 4) is 0 Å². The molecule has 0 aliphatic carbocycles. The van der Waals surface area contributed by atoms with Gasteiger partial charge in [0.1, 0.15) is 13.2 Å². The zero-order valence-corrected chi connectivity index (χ0v) is 7.99. The summed E-state index contributed by atoms with van der Waals surface area (Å²) in [4.78, 5) is 20.9. The number of hydrogen-bond donors (Lipinski definition) is 3. The van der Waals surface area contributed by atoms with Crippen LogP contribution >= 0.6 is 0 Å². The second kappa shape index (κ2) is 8.46. The van der Waals surface area contributed by atoms with E-state index in [1.807, 2.05) is 0 Å². The first-order valence-corrected chi connectivity index (χ1v) is 4.43. The van der Waals surface area contributed by atoms with E-state index in [0.717, 1.165) is 12.8 Å². The van der Waals surface area contributed by atoms with Gasteiger partial charge in [-0.25, -0.2) is 4.79 Å². The summed E-state index contributed by atoms with van der Waals surface area (Å²) in [6.07, 6.45) is 1.68. The van der Waals surface area contributed by atoms with Crippen LogP contribution in [0.1, 0.15) is 12.8 Å². The van der Waals surface area contributed by atoms with Gasteiger partial charge in [0.2, 0.25) is 5.91 Å². The Morgan fingerprint density at radius 3 is 2.57 bits per heavy atom. The molecule has 0 aromatic carbocycles. The van der Waals surface area contributed by atoms with Gasteiger partial charge in [0.15, 0.2) is 0 Å². The van der Waals surface area contributed by atoms with Crippen LogP contribution in [0.4, 0.5) is 0 Å². The molecular formula is C8H16N2O4. The number of hydrogen-bond acceptors (Lipinski definition) is 4. The Morgan fingerprint density at radius 2 is 2.00 bits per heavy atom. The summed E-state index contributed by atoms with van der Waals surface area (Å²) in [5.74, 6) is -1.38. The number of carboxylic acid groups (broad SMARTS) is 1. The first-order valence-electron chi connectivity index (χ1n) is 4.43. The zero-order chi connectivity index (χ0) is 10.8. The highest BCUT2D eigenvalue weighted by Crippen LogP contribution is 1.83. The van der Waals surface area contributed by atoms with E-state index in [9.17, 15) is 9.59 Å². The van der Waals surface area contributed by atoms with Crippen molar-refractivity contribution in [2.45, 2.75) is 12.8 Å². The van der Waals surface area contributed by atoms with Crippen LogP contribution in [0.25, 0.3) is 0 Å². The number of unbranched alkanes of at least 4 members (excludes halogenated alkanes) is 1. The third-order valence-corrected chi connectivity index (χ3v) is 1.41. The third-order valence-electron chi connectivity index (χ3n) is 1.41.